The van der Waals surface area contributed by atoms with E-state index in [1.54, 1.807) is 12.1 Å². The van der Waals surface area contributed by atoms with E-state index < -0.39 is 17.9 Å². The van der Waals surface area contributed by atoms with Crippen molar-refractivity contribution in [3.8, 4) is 17.2 Å². The molecule has 7 nitrogen and oxygen atoms in total. The van der Waals surface area contributed by atoms with Crippen molar-refractivity contribution in [2.45, 2.75) is 18.9 Å². The molecule has 0 aromatic heterocycles. The van der Waals surface area contributed by atoms with Crippen LogP contribution < -0.4 is 19.5 Å². The highest BCUT2D eigenvalue weighted by Crippen LogP contribution is 2.38. The van der Waals surface area contributed by atoms with E-state index in [2.05, 4.69) is 5.32 Å². The van der Waals surface area contributed by atoms with E-state index in [0.29, 0.717) is 22.8 Å². The van der Waals surface area contributed by atoms with Crippen LogP contribution in [0.25, 0.3) is 0 Å². The number of carboxylic acid groups (broad SMARTS) is 1. The van der Waals surface area contributed by atoms with Crippen molar-refractivity contribution in [2.24, 2.45) is 0 Å². The minimum absolute atomic E-state index is 0.0186. The summed E-state index contributed by atoms with van der Waals surface area (Å²) in [5.41, 5.74) is 1.45. The van der Waals surface area contributed by atoms with Gasteiger partial charge in [-0.1, -0.05) is 30.3 Å². The predicted octanol–water partition coefficient (Wildman–Crippen LogP) is 2.07. The van der Waals surface area contributed by atoms with E-state index in [4.69, 9.17) is 14.2 Å². The Kier molecular flexibility index (Phi) is 7.05. The quantitative estimate of drug-likeness (QED) is 0.699. The number of benzene rings is 2. The van der Waals surface area contributed by atoms with Gasteiger partial charge < -0.3 is 24.6 Å². The van der Waals surface area contributed by atoms with Gasteiger partial charge in [-0.05, 0) is 23.3 Å². The molecule has 2 rings (SSSR count). The van der Waals surface area contributed by atoms with Crippen LogP contribution in [-0.4, -0.2) is 44.4 Å². The van der Waals surface area contributed by atoms with Crippen molar-refractivity contribution in [3.63, 3.8) is 0 Å². The average Bonchev–Trinajstić information content (AvgIpc) is 2.67. The van der Waals surface area contributed by atoms with Gasteiger partial charge in [-0.2, -0.15) is 0 Å². The van der Waals surface area contributed by atoms with E-state index in [0.717, 1.165) is 5.56 Å². The van der Waals surface area contributed by atoms with E-state index in [-0.39, 0.29) is 12.8 Å². The Morgan fingerprint density at radius 1 is 0.963 bits per heavy atom. The molecule has 2 aromatic carbocycles. The maximum absolute atomic E-state index is 12.4. The van der Waals surface area contributed by atoms with Gasteiger partial charge in [-0.3, -0.25) is 4.79 Å². The molecule has 0 aliphatic carbocycles. The van der Waals surface area contributed by atoms with Crippen LogP contribution >= 0.6 is 0 Å². The molecule has 2 aromatic rings. The highest BCUT2D eigenvalue weighted by Gasteiger charge is 2.21. The number of hydrogen-bond donors (Lipinski definition) is 2. The van der Waals surface area contributed by atoms with Crippen LogP contribution in [0.15, 0.2) is 42.5 Å². The molecule has 1 atom stereocenters. The zero-order valence-corrected chi connectivity index (χ0v) is 15.5. The predicted molar refractivity (Wildman–Crippen MR) is 99.5 cm³/mol. The Hall–Kier alpha value is -3.22. The summed E-state index contributed by atoms with van der Waals surface area (Å²) in [5, 5.41) is 12.0. The molecular formula is C20H23NO6. The molecule has 0 spiro atoms. The molecule has 2 N–H and O–H groups in total. The minimum Gasteiger partial charge on any atom is -0.493 e. The van der Waals surface area contributed by atoms with Crippen molar-refractivity contribution in [3.05, 3.63) is 53.6 Å². The number of rotatable bonds is 9. The summed E-state index contributed by atoms with van der Waals surface area (Å²) >= 11 is 0. The molecule has 0 heterocycles. The van der Waals surface area contributed by atoms with E-state index >= 15 is 0 Å². The molecule has 144 valence electrons. The van der Waals surface area contributed by atoms with Crippen molar-refractivity contribution >= 4 is 11.9 Å². The van der Waals surface area contributed by atoms with Crippen LogP contribution in [0.4, 0.5) is 0 Å². The lowest BCUT2D eigenvalue weighted by Gasteiger charge is -2.16. The second-order valence-corrected chi connectivity index (χ2v) is 5.86. The van der Waals surface area contributed by atoms with Gasteiger partial charge in [-0.25, -0.2) is 4.79 Å². The SMILES string of the molecule is COc1cc(CC(=O)NC(Cc2ccccc2)C(=O)O)cc(OC)c1OC. The van der Waals surface area contributed by atoms with Crippen LogP contribution in [-0.2, 0) is 22.4 Å². The van der Waals surface area contributed by atoms with Crippen molar-refractivity contribution < 1.29 is 28.9 Å². The number of carbonyl (C=O) groups is 2. The van der Waals surface area contributed by atoms with Crippen LogP contribution in [0.1, 0.15) is 11.1 Å². The second-order valence-electron chi connectivity index (χ2n) is 5.86. The van der Waals surface area contributed by atoms with Gasteiger partial charge in [0.1, 0.15) is 6.04 Å². The third-order valence-electron chi connectivity index (χ3n) is 4.01. The van der Waals surface area contributed by atoms with Crippen LogP contribution in [0.5, 0.6) is 17.2 Å². The Balaban J connectivity index is 2.12. The zero-order chi connectivity index (χ0) is 19.8. The summed E-state index contributed by atoms with van der Waals surface area (Å²) in [5.74, 6) is -0.209. The van der Waals surface area contributed by atoms with Crippen LogP contribution in [0.3, 0.4) is 0 Å². The van der Waals surface area contributed by atoms with Gasteiger partial charge in [0.25, 0.3) is 0 Å². The normalized spacial score (nSPS) is 11.4. The zero-order valence-electron chi connectivity index (χ0n) is 15.5. The first-order valence-corrected chi connectivity index (χ1v) is 8.33. The molecule has 0 saturated carbocycles. The van der Waals surface area contributed by atoms with Crippen molar-refractivity contribution in [2.75, 3.05) is 21.3 Å². The summed E-state index contributed by atoms with van der Waals surface area (Å²) in [6, 6.07) is 11.5. The lowest BCUT2D eigenvalue weighted by atomic mass is 10.1. The fourth-order valence-electron chi connectivity index (χ4n) is 2.72. The van der Waals surface area contributed by atoms with Gasteiger partial charge in [0.05, 0.1) is 27.8 Å². The minimum atomic E-state index is -1.09. The van der Waals surface area contributed by atoms with E-state index in [9.17, 15) is 14.7 Å². The first kappa shape index (κ1) is 20.1. The lowest BCUT2D eigenvalue weighted by Crippen LogP contribution is -2.43. The molecule has 0 aliphatic heterocycles. The molecule has 0 saturated heterocycles. The van der Waals surface area contributed by atoms with Gasteiger partial charge in [0, 0.05) is 6.42 Å². The number of hydrogen-bond acceptors (Lipinski definition) is 5. The number of carboxylic acids is 1. The average molecular weight is 373 g/mol. The van der Waals surface area contributed by atoms with E-state index in [1.807, 2.05) is 30.3 Å². The third-order valence-corrected chi connectivity index (χ3v) is 4.01. The number of carbonyl (C=O) groups excluding carboxylic acids is 1. The first-order valence-electron chi connectivity index (χ1n) is 8.33. The van der Waals surface area contributed by atoms with Gasteiger partial charge in [0.2, 0.25) is 11.7 Å². The second kappa shape index (κ2) is 9.47. The fraction of sp³-hybridized carbons (Fsp3) is 0.300. The number of amides is 1. The molecule has 7 heteroatoms. The Morgan fingerprint density at radius 3 is 2.04 bits per heavy atom. The monoisotopic (exact) mass is 373 g/mol. The summed E-state index contributed by atoms with van der Waals surface area (Å²) in [7, 11) is 4.47. The number of nitrogens with one attached hydrogen (secondary N) is 1. The number of aliphatic carboxylic acids is 1. The highest BCUT2D eigenvalue weighted by atomic mass is 16.5. The molecule has 1 amide bonds. The van der Waals surface area contributed by atoms with Gasteiger partial charge >= 0.3 is 5.97 Å². The molecule has 0 bridgehead atoms. The maximum Gasteiger partial charge on any atom is 0.326 e. The molecule has 0 radical (unpaired) electrons. The third kappa shape index (κ3) is 5.37. The van der Waals surface area contributed by atoms with E-state index in [1.165, 1.54) is 21.3 Å². The van der Waals surface area contributed by atoms with Crippen LogP contribution in [0, 0.1) is 0 Å². The number of ether oxygens (including phenoxy) is 3. The Bertz CT molecular complexity index is 765. The standard InChI is InChI=1S/C20H23NO6/c1-25-16-10-14(11-17(26-2)19(16)27-3)12-18(22)21-15(20(23)24)9-13-7-5-4-6-8-13/h4-8,10-11,15H,9,12H2,1-3H3,(H,21,22)(H,23,24). The van der Waals surface area contributed by atoms with Crippen LogP contribution in [0.2, 0.25) is 0 Å². The molecule has 27 heavy (non-hydrogen) atoms. The van der Waals surface area contributed by atoms with Crippen molar-refractivity contribution in [1.29, 1.82) is 0 Å². The molecule has 1 unspecified atom stereocenters. The van der Waals surface area contributed by atoms with Gasteiger partial charge in [0.15, 0.2) is 11.5 Å². The van der Waals surface area contributed by atoms with Gasteiger partial charge in [-0.15, -0.1) is 0 Å². The summed E-state index contributed by atoms with van der Waals surface area (Å²) < 4.78 is 15.8. The molecule has 0 aliphatic rings. The smallest absolute Gasteiger partial charge is 0.326 e. The summed E-state index contributed by atoms with van der Waals surface area (Å²) in [6.07, 6.45) is 0.187. The number of methoxy groups -OCH3 is 3. The summed E-state index contributed by atoms with van der Waals surface area (Å²) in [6.45, 7) is 0. The first-order chi connectivity index (χ1) is 13.0. The molecule has 0 fully saturated rings. The lowest BCUT2D eigenvalue weighted by molar-refractivity contribution is -0.141. The maximum atomic E-state index is 12.4. The Labute approximate surface area is 157 Å². The highest BCUT2D eigenvalue weighted by molar-refractivity contribution is 5.85. The Morgan fingerprint density at radius 2 is 1.56 bits per heavy atom. The topological polar surface area (TPSA) is 94.1 Å². The largest absolute Gasteiger partial charge is 0.493 e. The molecular weight excluding hydrogens is 350 g/mol. The van der Waals surface area contributed by atoms with Crippen molar-refractivity contribution in [1.82, 2.24) is 5.32 Å². The fourth-order valence-corrected chi connectivity index (χ4v) is 2.72. The summed E-state index contributed by atoms with van der Waals surface area (Å²) in [4.78, 5) is 23.9.